The Morgan fingerprint density at radius 1 is 1.17 bits per heavy atom. The maximum atomic E-state index is 13.3. The first kappa shape index (κ1) is 30.1. The molecule has 8 atom stereocenters. The highest BCUT2D eigenvalue weighted by molar-refractivity contribution is 5.87. The zero-order valence-electron chi connectivity index (χ0n) is 25.3. The molecule has 0 bridgehead atoms. The SMILES string of the molecule is C=C1/C(=C\C=C2/CCC[C@]3(C)[C@@H]([C@H](C)C[C@@H]4C[C@@](C)(O)C(=O)N4Cc4ccc(OC)cc4)CC[C@@H]23)C[C@@H](O)C[C@@H]1O. The van der Waals surface area contributed by atoms with Crippen molar-refractivity contribution in [2.75, 3.05) is 7.11 Å². The lowest BCUT2D eigenvalue weighted by Crippen LogP contribution is -2.40. The van der Waals surface area contributed by atoms with Crippen LogP contribution in [0.25, 0.3) is 0 Å². The third-order valence-electron chi connectivity index (χ3n) is 10.9. The predicted molar refractivity (Wildman–Crippen MR) is 161 cm³/mol. The predicted octanol–water partition coefficient (Wildman–Crippen LogP) is 5.71. The van der Waals surface area contributed by atoms with E-state index in [9.17, 15) is 20.1 Å². The van der Waals surface area contributed by atoms with Crippen LogP contribution in [0, 0.1) is 23.2 Å². The lowest BCUT2D eigenvalue weighted by molar-refractivity contribution is -0.142. The number of ether oxygens (including phenoxy) is 1. The number of nitrogens with zero attached hydrogens (tertiary/aromatic N) is 1. The summed E-state index contributed by atoms with van der Waals surface area (Å²) in [6.45, 7) is 11.1. The average Bonchev–Trinajstić information content (AvgIpc) is 3.39. The third-order valence-corrected chi connectivity index (χ3v) is 10.9. The zero-order valence-corrected chi connectivity index (χ0v) is 25.3. The Labute approximate surface area is 245 Å². The molecule has 1 saturated heterocycles. The second-order valence-electron chi connectivity index (χ2n) is 13.8. The molecule has 5 rings (SSSR count). The van der Waals surface area contributed by atoms with Crippen molar-refractivity contribution < 1.29 is 24.9 Å². The van der Waals surface area contributed by atoms with Gasteiger partial charge in [-0.2, -0.15) is 0 Å². The molecule has 0 radical (unpaired) electrons. The van der Waals surface area contributed by atoms with Crippen LogP contribution in [0.2, 0.25) is 0 Å². The summed E-state index contributed by atoms with van der Waals surface area (Å²) in [6, 6.07) is 7.85. The van der Waals surface area contributed by atoms with E-state index in [1.807, 2.05) is 29.2 Å². The van der Waals surface area contributed by atoms with Crippen LogP contribution in [0.4, 0.5) is 0 Å². The number of rotatable bonds is 7. The van der Waals surface area contributed by atoms with Gasteiger partial charge in [-0.25, -0.2) is 0 Å². The summed E-state index contributed by atoms with van der Waals surface area (Å²) in [6.07, 6.45) is 11.3. The summed E-state index contributed by atoms with van der Waals surface area (Å²) < 4.78 is 5.29. The van der Waals surface area contributed by atoms with E-state index in [4.69, 9.17) is 4.74 Å². The maximum absolute atomic E-state index is 13.3. The smallest absolute Gasteiger partial charge is 0.254 e. The van der Waals surface area contributed by atoms with Crippen LogP contribution in [-0.4, -0.2) is 57.1 Å². The highest BCUT2D eigenvalue weighted by atomic mass is 16.5. The van der Waals surface area contributed by atoms with Gasteiger partial charge in [-0.3, -0.25) is 4.79 Å². The first-order valence-electron chi connectivity index (χ1n) is 15.5. The first-order valence-corrected chi connectivity index (χ1v) is 15.5. The summed E-state index contributed by atoms with van der Waals surface area (Å²) in [5.74, 6) is 2.13. The molecule has 1 aromatic carbocycles. The molecular formula is C35H49NO5. The van der Waals surface area contributed by atoms with E-state index in [0.29, 0.717) is 43.6 Å². The molecule has 6 heteroatoms. The topological polar surface area (TPSA) is 90.2 Å². The molecule has 41 heavy (non-hydrogen) atoms. The van der Waals surface area contributed by atoms with Crippen molar-refractivity contribution in [2.45, 2.75) is 109 Å². The highest BCUT2D eigenvalue weighted by Crippen LogP contribution is 2.60. The van der Waals surface area contributed by atoms with Crippen molar-refractivity contribution >= 4 is 5.91 Å². The minimum absolute atomic E-state index is 0.00996. The summed E-state index contributed by atoms with van der Waals surface area (Å²) in [4.78, 5) is 15.2. The fraction of sp³-hybridized carbons (Fsp3) is 0.629. The van der Waals surface area contributed by atoms with Crippen LogP contribution in [0.5, 0.6) is 5.75 Å². The quantitative estimate of drug-likeness (QED) is 0.395. The molecule has 0 unspecified atom stereocenters. The number of methoxy groups -OCH3 is 1. The molecule has 1 amide bonds. The van der Waals surface area contributed by atoms with Crippen molar-refractivity contribution in [3.63, 3.8) is 0 Å². The number of aliphatic hydroxyl groups is 3. The minimum atomic E-state index is -1.32. The van der Waals surface area contributed by atoms with Gasteiger partial charge in [0, 0.05) is 25.4 Å². The molecule has 3 N–H and O–H groups in total. The number of hydrogen-bond donors (Lipinski definition) is 3. The largest absolute Gasteiger partial charge is 0.497 e. The highest BCUT2D eigenvalue weighted by Gasteiger charge is 2.53. The van der Waals surface area contributed by atoms with Crippen LogP contribution < -0.4 is 4.74 Å². The van der Waals surface area contributed by atoms with E-state index in [0.717, 1.165) is 41.7 Å². The van der Waals surface area contributed by atoms with Crippen LogP contribution in [0.3, 0.4) is 0 Å². The van der Waals surface area contributed by atoms with Gasteiger partial charge in [-0.1, -0.05) is 50.3 Å². The van der Waals surface area contributed by atoms with Crippen molar-refractivity contribution in [2.24, 2.45) is 23.2 Å². The number of fused-ring (bicyclic) bond motifs is 1. The first-order chi connectivity index (χ1) is 19.4. The molecule has 1 aromatic rings. The van der Waals surface area contributed by atoms with Gasteiger partial charge >= 0.3 is 0 Å². The molecular weight excluding hydrogens is 514 g/mol. The number of carbonyl (C=O) groups is 1. The molecule has 6 nitrogen and oxygen atoms in total. The number of benzene rings is 1. The number of allylic oxidation sites excluding steroid dienone is 3. The van der Waals surface area contributed by atoms with E-state index < -0.39 is 17.8 Å². The average molecular weight is 564 g/mol. The lowest BCUT2D eigenvalue weighted by Gasteiger charge is -2.45. The van der Waals surface area contributed by atoms with Crippen molar-refractivity contribution in [1.82, 2.24) is 4.90 Å². The summed E-state index contributed by atoms with van der Waals surface area (Å²) in [5.41, 5.74) is 3.12. The number of amides is 1. The fourth-order valence-corrected chi connectivity index (χ4v) is 8.74. The Morgan fingerprint density at radius 2 is 1.90 bits per heavy atom. The Balaban J connectivity index is 1.30. The second-order valence-corrected chi connectivity index (χ2v) is 13.8. The molecule has 0 aromatic heterocycles. The van der Waals surface area contributed by atoms with E-state index in [1.54, 1.807) is 14.0 Å². The number of carbonyl (C=O) groups excluding carboxylic acids is 1. The number of hydrogen-bond acceptors (Lipinski definition) is 5. The van der Waals surface area contributed by atoms with Gasteiger partial charge in [0.1, 0.15) is 11.4 Å². The number of aliphatic hydroxyl groups excluding tert-OH is 2. The van der Waals surface area contributed by atoms with Gasteiger partial charge in [-0.05, 0) is 104 Å². The lowest BCUT2D eigenvalue weighted by atomic mass is 9.60. The Hall–Kier alpha value is -2.41. The fourth-order valence-electron chi connectivity index (χ4n) is 8.74. The molecule has 224 valence electrons. The number of likely N-dealkylation sites (tertiary alicyclic amines) is 1. The normalized spacial score (nSPS) is 38.5. The standard InChI is InChI=1S/C35H49NO5/c1-22(17-27-20-35(4,40)33(39)36(27)21-24-8-12-29(41-5)13-9-24)30-14-15-31-25(7-6-16-34(30,31)3)10-11-26-18-28(37)19-32(38)23(26)2/h8-13,22,27-28,30-32,37-38,40H,2,6-7,14-21H2,1,3-5H3/b25-10+,26-11-/t22-,27-,28-,30-,31+,32+,34-,35-/m1/s1. The van der Waals surface area contributed by atoms with Crippen molar-refractivity contribution in [1.29, 1.82) is 0 Å². The summed E-state index contributed by atoms with van der Waals surface area (Å²) >= 11 is 0. The Bertz CT molecular complexity index is 1200. The van der Waals surface area contributed by atoms with Crippen LogP contribution in [0.15, 0.2) is 59.7 Å². The van der Waals surface area contributed by atoms with Gasteiger partial charge in [0.05, 0.1) is 19.3 Å². The van der Waals surface area contributed by atoms with Crippen LogP contribution in [0.1, 0.15) is 84.1 Å². The van der Waals surface area contributed by atoms with E-state index in [1.165, 1.54) is 24.8 Å². The van der Waals surface area contributed by atoms with Crippen molar-refractivity contribution in [3.8, 4) is 5.75 Å². The van der Waals surface area contributed by atoms with E-state index in [2.05, 4.69) is 32.6 Å². The molecule has 1 heterocycles. The summed E-state index contributed by atoms with van der Waals surface area (Å²) in [7, 11) is 1.65. The third kappa shape index (κ3) is 5.93. The van der Waals surface area contributed by atoms with Gasteiger partial charge in [0.15, 0.2) is 0 Å². The van der Waals surface area contributed by atoms with E-state index in [-0.39, 0.29) is 17.4 Å². The zero-order chi connectivity index (χ0) is 29.5. The van der Waals surface area contributed by atoms with Crippen LogP contribution in [-0.2, 0) is 11.3 Å². The van der Waals surface area contributed by atoms with Gasteiger partial charge in [0.25, 0.3) is 5.91 Å². The monoisotopic (exact) mass is 563 g/mol. The Kier molecular flexibility index (Phi) is 8.58. The minimum Gasteiger partial charge on any atom is -0.497 e. The Morgan fingerprint density at radius 3 is 2.61 bits per heavy atom. The van der Waals surface area contributed by atoms with E-state index >= 15 is 0 Å². The molecule has 3 saturated carbocycles. The molecule has 1 aliphatic heterocycles. The second kappa shape index (κ2) is 11.7. The maximum Gasteiger partial charge on any atom is 0.254 e. The molecule has 4 fully saturated rings. The summed E-state index contributed by atoms with van der Waals surface area (Å²) in [5, 5.41) is 31.4. The molecule has 4 aliphatic rings. The van der Waals surface area contributed by atoms with Gasteiger partial charge < -0.3 is 25.0 Å². The van der Waals surface area contributed by atoms with Crippen LogP contribution >= 0.6 is 0 Å². The van der Waals surface area contributed by atoms with Crippen molar-refractivity contribution in [3.05, 3.63) is 65.3 Å². The van der Waals surface area contributed by atoms with Gasteiger partial charge in [0.2, 0.25) is 0 Å². The molecule has 3 aliphatic carbocycles. The molecule has 0 spiro atoms. The van der Waals surface area contributed by atoms with Gasteiger partial charge in [-0.15, -0.1) is 0 Å².